The van der Waals surface area contributed by atoms with Gasteiger partial charge in [0.25, 0.3) is 0 Å². The van der Waals surface area contributed by atoms with Crippen molar-refractivity contribution < 1.29 is 14.3 Å². The molecule has 1 unspecified atom stereocenters. The highest BCUT2D eigenvalue weighted by Gasteiger charge is 2.36. The summed E-state index contributed by atoms with van der Waals surface area (Å²) in [6, 6.07) is 5.21. The van der Waals surface area contributed by atoms with Gasteiger partial charge in [-0.05, 0) is 41.3 Å². The molecule has 0 bridgehead atoms. The number of nitrogens with zero attached hydrogens (tertiary/aromatic N) is 4. The fourth-order valence-electron chi connectivity index (χ4n) is 2.37. The van der Waals surface area contributed by atoms with Gasteiger partial charge >= 0.3 is 6.09 Å². The van der Waals surface area contributed by atoms with Crippen LogP contribution in [0.25, 0.3) is 16.0 Å². The Morgan fingerprint density at radius 2 is 2.45 bits per heavy atom. The highest BCUT2D eigenvalue weighted by Crippen LogP contribution is 2.46. The molecule has 0 aromatic heterocycles. The highest BCUT2D eigenvalue weighted by atomic mass is 79.9. The molecule has 1 aromatic carbocycles. The van der Waals surface area contributed by atoms with E-state index < -0.39 is 12.1 Å². The predicted molar refractivity (Wildman–Crippen MR) is 86.2 cm³/mol. The maximum atomic E-state index is 11.8. The van der Waals surface area contributed by atoms with Gasteiger partial charge in [-0.25, -0.2) is 9.10 Å². The van der Waals surface area contributed by atoms with Crippen LogP contribution in [-0.4, -0.2) is 36.7 Å². The Kier molecular flexibility index (Phi) is 4.19. The van der Waals surface area contributed by atoms with E-state index in [2.05, 4.69) is 26.0 Å². The highest BCUT2D eigenvalue weighted by molar-refractivity contribution is 9.10. The quantitative estimate of drug-likeness (QED) is 0.318. The van der Waals surface area contributed by atoms with E-state index in [0.29, 0.717) is 12.3 Å². The van der Waals surface area contributed by atoms with Gasteiger partial charge in [0, 0.05) is 19.9 Å². The molecule has 9 heteroatoms. The van der Waals surface area contributed by atoms with E-state index in [0.717, 1.165) is 20.5 Å². The first-order valence-electron chi connectivity index (χ1n) is 6.37. The zero-order chi connectivity index (χ0) is 15.7. The van der Waals surface area contributed by atoms with Gasteiger partial charge in [-0.2, -0.15) is 0 Å². The van der Waals surface area contributed by atoms with Crippen molar-refractivity contribution in [2.24, 2.45) is 5.11 Å². The maximum absolute atomic E-state index is 11.8. The third-order valence-electron chi connectivity index (χ3n) is 3.34. The van der Waals surface area contributed by atoms with Crippen molar-refractivity contribution in [1.29, 1.82) is 0 Å². The molecule has 0 aliphatic carbocycles. The molecule has 3 rings (SSSR count). The van der Waals surface area contributed by atoms with E-state index in [1.807, 2.05) is 18.2 Å². The van der Waals surface area contributed by atoms with E-state index in [4.69, 9.17) is 15.0 Å². The van der Waals surface area contributed by atoms with E-state index >= 15 is 0 Å². The van der Waals surface area contributed by atoms with Crippen LogP contribution in [0.1, 0.15) is 5.56 Å². The molecule has 7 nitrogen and oxygen atoms in total. The van der Waals surface area contributed by atoms with Gasteiger partial charge in [-0.1, -0.05) is 21.0 Å². The molecule has 0 spiro atoms. The second-order valence-corrected chi connectivity index (χ2v) is 6.59. The number of fused-ring (bicyclic) bond motifs is 2. The Hall–Kier alpha value is -1.83. The van der Waals surface area contributed by atoms with Gasteiger partial charge in [0.1, 0.15) is 18.4 Å². The first kappa shape index (κ1) is 15.1. The maximum Gasteiger partial charge on any atom is 0.420 e. The van der Waals surface area contributed by atoms with Crippen molar-refractivity contribution >= 4 is 39.5 Å². The third-order valence-corrected chi connectivity index (χ3v) is 5.05. The molecule has 0 radical (unpaired) electrons. The lowest BCUT2D eigenvalue weighted by molar-refractivity contribution is 0.155. The zero-order valence-corrected chi connectivity index (χ0v) is 13.9. The molecule has 1 amide bonds. The molecule has 0 N–H and O–H groups in total. The van der Waals surface area contributed by atoms with Crippen molar-refractivity contribution in [3.63, 3.8) is 0 Å². The van der Waals surface area contributed by atoms with Crippen LogP contribution in [0.4, 0.5) is 4.79 Å². The van der Waals surface area contributed by atoms with Gasteiger partial charge in [0.2, 0.25) is 0 Å². The van der Waals surface area contributed by atoms with Crippen LogP contribution in [-0.2, 0) is 4.74 Å². The monoisotopic (exact) mass is 382 g/mol. The number of methoxy groups -OCH3 is 1. The number of rotatable bonds is 1. The van der Waals surface area contributed by atoms with Gasteiger partial charge in [0.05, 0.1) is 13.7 Å². The number of hydrogen-bond acceptors (Lipinski definition) is 5. The normalized spacial score (nSPS) is 19.5. The van der Waals surface area contributed by atoms with Crippen LogP contribution in [0, 0.1) is 0 Å². The predicted octanol–water partition coefficient (Wildman–Crippen LogP) is 3.96. The van der Waals surface area contributed by atoms with Crippen molar-refractivity contribution in [3.8, 4) is 5.75 Å². The second kappa shape index (κ2) is 6.12. The smallest absolute Gasteiger partial charge is 0.420 e. The van der Waals surface area contributed by atoms with Gasteiger partial charge in [-0.15, -0.1) is 0 Å². The summed E-state index contributed by atoms with van der Waals surface area (Å²) in [7, 11) is 1.34. The Labute approximate surface area is 139 Å². The summed E-state index contributed by atoms with van der Waals surface area (Å²) in [6.45, 7) is 0.608. The first-order chi connectivity index (χ1) is 10.6. The molecule has 0 fully saturated rings. The number of amides is 1. The van der Waals surface area contributed by atoms with E-state index in [9.17, 15) is 4.79 Å². The SMILES string of the molecule is COC(=O)N1CC2=C(S1)C(N=[N+]=[N-])COc1ccc(Br)cc12. The minimum absolute atomic E-state index is 0.236. The Morgan fingerprint density at radius 1 is 1.64 bits per heavy atom. The fourth-order valence-corrected chi connectivity index (χ4v) is 3.83. The van der Waals surface area contributed by atoms with Crippen LogP contribution in [0.5, 0.6) is 5.75 Å². The van der Waals surface area contributed by atoms with Crippen LogP contribution < -0.4 is 4.74 Å². The molecule has 0 saturated carbocycles. The van der Waals surface area contributed by atoms with Crippen molar-refractivity contribution in [3.05, 3.63) is 43.6 Å². The van der Waals surface area contributed by atoms with Crippen LogP contribution in [0.3, 0.4) is 0 Å². The van der Waals surface area contributed by atoms with E-state index in [-0.39, 0.29) is 6.61 Å². The van der Waals surface area contributed by atoms with Gasteiger partial charge in [0.15, 0.2) is 0 Å². The van der Waals surface area contributed by atoms with Crippen molar-refractivity contribution in [2.75, 3.05) is 20.3 Å². The summed E-state index contributed by atoms with van der Waals surface area (Å²) in [5, 5.41) is 3.80. The molecular weight excluding hydrogens is 372 g/mol. The number of carbonyl (C=O) groups is 1. The molecule has 1 atom stereocenters. The van der Waals surface area contributed by atoms with Crippen LogP contribution in [0.2, 0.25) is 0 Å². The average Bonchev–Trinajstić information content (AvgIpc) is 2.91. The third kappa shape index (κ3) is 2.63. The van der Waals surface area contributed by atoms with Crippen LogP contribution >= 0.6 is 27.9 Å². The topological polar surface area (TPSA) is 87.5 Å². The minimum atomic E-state index is -0.467. The zero-order valence-electron chi connectivity index (χ0n) is 11.5. The molecule has 2 aliphatic rings. The van der Waals surface area contributed by atoms with E-state index in [1.54, 1.807) is 0 Å². The lowest BCUT2D eigenvalue weighted by Crippen LogP contribution is -2.23. The van der Waals surface area contributed by atoms with Gasteiger partial charge < -0.3 is 9.47 Å². The molecule has 2 aliphatic heterocycles. The summed E-state index contributed by atoms with van der Waals surface area (Å²) in [5.74, 6) is 0.707. The number of halogens is 1. The lowest BCUT2D eigenvalue weighted by atomic mass is 10.0. The molecule has 2 heterocycles. The second-order valence-electron chi connectivity index (χ2n) is 4.61. The number of carbonyl (C=O) groups excluding carboxylic acids is 1. The molecular formula is C13H11BrN4O3S. The standard InChI is InChI=1S/C13H11BrN4O3S/c1-20-13(19)18-5-9-8-4-7(14)2-3-11(8)21-6-10(16-17-15)12(9)22-18/h2-4,10H,5-6H2,1H3. The average molecular weight is 383 g/mol. The Morgan fingerprint density at radius 3 is 3.18 bits per heavy atom. The van der Waals surface area contributed by atoms with Crippen molar-refractivity contribution in [1.82, 2.24) is 4.31 Å². The van der Waals surface area contributed by atoms with Crippen LogP contribution in [0.15, 0.2) is 32.7 Å². The molecule has 0 saturated heterocycles. The first-order valence-corrected chi connectivity index (χ1v) is 7.94. The fraction of sp³-hybridized carbons (Fsp3) is 0.308. The Bertz CT molecular complexity index is 717. The summed E-state index contributed by atoms with van der Waals surface area (Å²) in [6.07, 6.45) is -0.435. The summed E-state index contributed by atoms with van der Waals surface area (Å²) in [4.78, 5) is 15.5. The number of benzene rings is 1. The van der Waals surface area contributed by atoms with E-state index in [1.165, 1.54) is 23.4 Å². The van der Waals surface area contributed by atoms with Crippen molar-refractivity contribution in [2.45, 2.75) is 6.04 Å². The largest absolute Gasteiger partial charge is 0.492 e. The lowest BCUT2D eigenvalue weighted by Gasteiger charge is -2.17. The molecule has 1 aromatic rings. The number of hydrogen-bond donors (Lipinski definition) is 0. The molecule has 114 valence electrons. The summed E-state index contributed by atoms with van der Waals surface area (Å²) in [5.41, 5.74) is 10.6. The minimum Gasteiger partial charge on any atom is -0.492 e. The number of ether oxygens (including phenoxy) is 2. The molecule has 22 heavy (non-hydrogen) atoms. The van der Waals surface area contributed by atoms with Gasteiger partial charge in [-0.3, -0.25) is 0 Å². The summed E-state index contributed by atoms with van der Waals surface area (Å²) >= 11 is 4.68. The summed E-state index contributed by atoms with van der Waals surface area (Å²) < 4.78 is 12.9. The number of azide groups is 1. The Balaban J connectivity index is 2.08.